The zero-order valence-corrected chi connectivity index (χ0v) is 22.2. The van der Waals surface area contributed by atoms with Gasteiger partial charge in [0.2, 0.25) is 0 Å². The molecule has 0 amide bonds. The van der Waals surface area contributed by atoms with Crippen molar-refractivity contribution in [3.8, 4) is 0 Å². The van der Waals surface area contributed by atoms with Gasteiger partial charge in [0.1, 0.15) is 0 Å². The van der Waals surface area contributed by atoms with Crippen molar-refractivity contribution < 1.29 is 15.3 Å². The van der Waals surface area contributed by atoms with E-state index in [0.717, 1.165) is 25.2 Å². The number of aliphatic hydroxyl groups is 3. The fraction of sp³-hybridized carbons (Fsp3) is 1.00. The Morgan fingerprint density at radius 1 is 0.697 bits per heavy atom. The van der Waals surface area contributed by atoms with Crippen molar-refractivity contribution in [2.75, 3.05) is 0 Å². The van der Waals surface area contributed by atoms with Gasteiger partial charge in [0.15, 0.2) is 0 Å². The van der Waals surface area contributed by atoms with Crippen LogP contribution in [-0.4, -0.2) is 33.1 Å². The summed E-state index contributed by atoms with van der Waals surface area (Å²) in [6.45, 7) is 13.8. The molecular weight excluding hydrogens is 408 g/mol. The van der Waals surface area contributed by atoms with Crippen molar-refractivity contribution in [3.63, 3.8) is 0 Å². The predicted octanol–water partition coefficient (Wildman–Crippen LogP) is 5.94. The van der Waals surface area contributed by atoms with Gasteiger partial charge in [-0.3, -0.25) is 0 Å². The summed E-state index contributed by atoms with van der Waals surface area (Å²) in [7, 11) is 0. The molecule has 0 aliphatic heterocycles. The van der Waals surface area contributed by atoms with Crippen molar-refractivity contribution in [2.24, 2.45) is 56.7 Å². The maximum Gasteiger partial charge on any atom is 0.0644 e. The van der Waals surface area contributed by atoms with Crippen molar-refractivity contribution >= 4 is 0 Å². The largest absolute Gasteiger partial charge is 0.393 e. The van der Waals surface area contributed by atoms with E-state index in [1.165, 1.54) is 51.4 Å². The van der Waals surface area contributed by atoms with Crippen LogP contribution in [0.25, 0.3) is 0 Å². The van der Waals surface area contributed by atoms with Gasteiger partial charge >= 0.3 is 0 Å². The minimum atomic E-state index is -0.787. The highest BCUT2D eigenvalue weighted by molar-refractivity contribution is 5.30. The van der Waals surface area contributed by atoms with E-state index in [-0.39, 0.29) is 23.5 Å². The number of hydrogen-bond acceptors (Lipinski definition) is 3. The Hall–Kier alpha value is -0.120. The fourth-order valence-electron chi connectivity index (χ4n) is 12.3. The van der Waals surface area contributed by atoms with E-state index in [1.54, 1.807) is 0 Å². The van der Waals surface area contributed by atoms with Gasteiger partial charge in [0.05, 0.1) is 17.8 Å². The van der Waals surface area contributed by atoms with Crippen molar-refractivity contribution in [1.82, 2.24) is 0 Å². The Kier molecular flexibility index (Phi) is 4.66. The minimum absolute atomic E-state index is 0.0194. The van der Waals surface area contributed by atoms with Crippen LogP contribution in [0.2, 0.25) is 0 Å². The maximum atomic E-state index is 11.4. The van der Waals surface area contributed by atoms with E-state index < -0.39 is 5.60 Å². The molecule has 0 aromatic carbocycles. The van der Waals surface area contributed by atoms with Gasteiger partial charge in [0.25, 0.3) is 0 Å². The molecule has 6 fully saturated rings. The summed E-state index contributed by atoms with van der Waals surface area (Å²) < 4.78 is 0. The molecule has 3 nitrogen and oxygen atoms in total. The molecule has 11 unspecified atom stereocenters. The van der Waals surface area contributed by atoms with Gasteiger partial charge in [-0.1, -0.05) is 27.7 Å². The molecule has 0 aromatic heterocycles. The third-order valence-corrected chi connectivity index (χ3v) is 14.2. The highest BCUT2D eigenvalue weighted by atomic mass is 16.3. The maximum absolute atomic E-state index is 11.4. The molecule has 33 heavy (non-hydrogen) atoms. The standard InChI is InChI=1S/C30H50O3/c1-25(2)21-9-10-22-28(6)13-11-19(18-7-8-20(24(18)32)26(3,4)33)27(28,5)15-16-30(22)17-29(21,30)14-12-23(25)31/h18-24,31-33H,7-17H2,1-6H3. The van der Waals surface area contributed by atoms with Crippen LogP contribution in [0, 0.1) is 56.7 Å². The van der Waals surface area contributed by atoms with Crippen molar-refractivity contribution in [2.45, 2.75) is 130 Å². The third kappa shape index (κ3) is 2.59. The molecule has 2 spiro atoms. The second-order valence-electron chi connectivity index (χ2n) is 15.5. The molecule has 188 valence electrons. The Morgan fingerprint density at radius 2 is 1.36 bits per heavy atom. The molecule has 6 rings (SSSR count). The molecule has 0 bridgehead atoms. The van der Waals surface area contributed by atoms with Crippen LogP contribution in [0.4, 0.5) is 0 Å². The highest BCUT2D eigenvalue weighted by Crippen LogP contribution is 2.89. The van der Waals surface area contributed by atoms with Gasteiger partial charge in [-0.2, -0.15) is 0 Å². The predicted molar refractivity (Wildman–Crippen MR) is 131 cm³/mol. The number of rotatable bonds is 2. The summed E-state index contributed by atoms with van der Waals surface area (Å²) in [6, 6.07) is 0. The zero-order chi connectivity index (χ0) is 23.8. The molecule has 6 aliphatic carbocycles. The third-order valence-electron chi connectivity index (χ3n) is 14.2. The summed E-state index contributed by atoms with van der Waals surface area (Å²) in [4.78, 5) is 0. The second-order valence-corrected chi connectivity index (χ2v) is 15.5. The number of hydrogen-bond donors (Lipinski definition) is 3. The molecule has 0 aromatic rings. The molecular formula is C30H50O3. The first-order valence-electron chi connectivity index (χ1n) is 14.3. The van der Waals surface area contributed by atoms with Gasteiger partial charge in [-0.15, -0.1) is 0 Å². The van der Waals surface area contributed by atoms with Gasteiger partial charge < -0.3 is 15.3 Å². The Balaban J connectivity index is 1.30. The molecule has 0 heterocycles. The molecule has 11 atom stereocenters. The monoisotopic (exact) mass is 458 g/mol. The van der Waals surface area contributed by atoms with Crippen LogP contribution in [0.5, 0.6) is 0 Å². The quantitative estimate of drug-likeness (QED) is 0.479. The zero-order valence-electron chi connectivity index (χ0n) is 22.2. The summed E-state index contributed by atoms with van der Waals surface area (Å²) in [5.74, 6) is 2.49. The number of aliphatic hydroxyl groups excluding tert-OH is 2. The van der Waals surface area contributed by atoms with Crippen LogP contribution < -0.4 is 0 Å². The lowest BCUT2D eigenvalue weighted by Crippen LogP contribution is -2.58. The van der Waals surface area contributed by atoms with Crippen LogP contribution in [0.3, 0.4) is 0 Å². The molecule has 0 radical (unpaired) electrons. The van der Waals surface area contributed by atoms with E-state index in [0.29, 0.717) is 39.4 Å². The summed E-state index contributed by atoms with van der Waals surface area (Å²) in [6.07, 6.45) is 13.2. The minimum Gasteiger partial charge on any atom is -0.393 e. The van der Waals surface area contributed by atoms with E-state index >= 15 is 0 Å². The first-order valence-corrected chi connectivity index (χ1v) is 14.3. The fourth-order valence-corrected chi connectivity index (χ4v) is 12.3. The van der Waals surface area contributed by atoms with E-state index in [4.69, 9.17) is 0 Å². The lowest BCUT2D eigenvalue weighted by molar-refractivity contribution is -0.165. The van der Waals surface area contributed by atoms with Crippen LogP contribution >= 0.6 is 0 Å². The normalized spacial score (nSPS) is 59.4. The Morgan fingerprint density at radius 3 is 2.03 bits per heavy atom. The highest BCUT2D eigenvalue weighted by Gasteiger charge is 2.82. The summed E-state index contributed by atoms with van der Waals surface area (Å²) in [5.41, 5.74) is 0.984. The molecule has 3 N–H and O–H groups in total. The Bertz CT molecular complexity index is 829. The van der Waals surface area contributed by atoms with Gasteiger partial charge in [0, 0.05) is 5.92 Å². The number of fused-ring (bicyclic) bond motifs is 2. The average molecular weight is 459 g/mol. The lowest BCUT2D eigenvalue weighted by atomic mass is 9.41. The molecule has 6 aliphatic rings. The Labute approximate surface area is 202 Å². The first kappa shape index (κ1) is 23.3. The first-order chi connectivity index (χ1) is 15.2. The molecule has 0 saturated heterocycles. The van der Waals surface area contributed by atoms with Gasteiger partial charge in [-0.05, 0) is 135 Å². The van der Waals surface area contributed by atoms with Crippen molar-refractivity contribution in [3.05, 3.63) is 0 Å². The molecule has 6 saturated carbocycles. The smallest absolute Gasteiger partial charge is 0.0644 e. The topological polar surface area (TPSA) is 60.7 Å². The molecule has 3 heteroatoms. The second kappa shape index (κ2) is 6.60. The van der Waals surface area contributed by atoms with E-state index in [2.05, 4.69) is 27.7 Å². The van der Waals surface area contributed by atoms with Crippen LogP contribution in [0.15, 0.2) is 0 Å². The SMILES string of the molecule is CC(C)(O)C1CCC(C2CCC3(C)C4CCC5C(C)(C)C(O)CCC56CC46CCC23C)C1O. The summed E-state index contributed by atoms with van der Waals surface area (Å²) >= 11 is 0. The van der Waals surface area contributed by atoms with Crippen LogP contribution in [-0.2, 0) is 0 Å². The van der Waals surface area contributed by atoms with Crippen LogP contribution in [0.1, 0.15) is 112 Å². The van der Waals surface area contributed by atoms with E-state index in [1.807, 2.05) is 13.8 Å². The van der Waals surface area contributed by atoms with Crippen molar-refractivity contribution in [1.29, 1.82) is 0 Å². The average Bonchev–Trinajstić information content (AvgIpc) is 3.10. The summed E-state index contributed by atoms with van der Waals surface area (Å²) in [5, 5.41) is 32.9. The van der Waals surface area contributed by atoms with E-state index in [9.17, 15) is 15.3 Å². The van der Waals surface area contributed by atoms with Gasteiger partial charge in [-0.25, -0.2) is 0 Å². The lowest BCUT2D eigenvalue weighted by Gasteiger charge is -2.63.